The van der Waals surface area contributed by atoms with Crippen molar-refractivity contribution < 1.29 is 4.79 Å². The van der Waals surface area contributed by atoms with Crippen LogP contribution >= 0.6 is 0 Å². The number of rotatable bonds is 2. The number of hydrogen-bond acceptors (Lipinski definition) is 1. The summed E-state index contributed by atoms with van der Waals surface area (Å²) in [6.45, 7) is 4.16. The van der Waals surface area contributed by atoms with Gasteiger partial charge in [-0.25, -0.2) is 0 Å². The van der Waals surface area contributed by atoms with Crippen LogP contribution in [0.4, 0.5) is 0 Å². The third kappa shape index (κ3) is 2.18. The van der Waals surface area contributed by atoms with E-state index in [1.165, 1.54) is 5.56 Å². The standard InChI is InChI=1S/C19H20O/c1-19(2)13-16(14-9-5-3-6-10-14)17(18(19)20)15-11-7-4-8-12-15/h3-12,16-17H,13H2,1-2H3/t16-,17-/m0/s1. The first-order chi connectivity index (χ1) is 9.59. The van der Waals surface area contributed by atoms with E-state index in [1.807, 2.05) is 24.3 Å². The maximum atomic E-state index is 12.8. The molecule has 102 valence electrons. The van der Waals surface area contributed by atoms with Gasteiger partial charge in [0.25, 0.3) is 0 Å². The molecule has 1 aliphatic carbocycles. The van der Waals surface area contributed by atoms with Crippen LogP contribution in [0.5, 0.6) is 0 Å². The van der Waals surface area contributed by atoms with Gasteiger partial charge in [-0.2, -0.15) is 0 Å². The van der Waals surface area contributed by atoms with Gasteiger partial charge < -0.3 is 0 Å². The van der Waals surface area contributed by atoms with Gasteiger partial charge in [0, 0.05) is 5.41 Å². The van der Waals surface area contributed by atoms with Crippen LogP contribution in [0.15, 0.2) is 60.7 Å². The summed E-state index contributed by atoms with van der Waals surface area (Å²) in [7, 11) is 0. The normalized spacial score (nSPS) is 24.8. The Kier molecular flexibility index (Phi) is 3.21. The van der Waals surface area contributed by atoms with E-state index in [2.05, 4.69) is 50.2 Å². The molecular weight excluding hydrogens is 244 g/mol. The van der Waals surface area contributed by atoms with Crippen LogP contribution in [0.2, 0.25) is 0 Å². The molecule has 2 atom stereocenters. The summed E-state index contributed by atoms with van der Waals surface area (Å²) >= 11 is 0. The van der Waals surface area contributed by atoms with Crippen LogP contribution in [-0.4, -0.2) is 5.78 Å². The third-order valence-corrected chi connectivity index (χ3v) is 4.47. The largest absolute Gasteiger partial charge is 0.298 e. The highest BCUT2D eigenvalue weighted by atomic mass is 16.1. The molecule has 2 aromatic carbocycles. The van der Waals surface area contributed by atoms with Gasteiger partial charge in [0.1, 0.15) is 5.78 Å². The molecule has 3 rings (SSSR count). The lowest BCUT2D eigenvalue weighted by Crippen LogP contribution is -2.20. The fourth-order valence-electron chi connectivity index (χ4n) is 3.43. The lowest BCUT2D eigenvalue weighted by atomic mass is 9.84. The maximum absolute atomic E-state index is 12.8. The lowest BCUT2D eigenvalue weighted by Gasteiger charge is -2.19. The van der Waals surface area contributed by atoms with Crippen molar-refractivity contribution in [3.05, 3.63) is 71.8 Å². The fraction of sp³-hybridized carbons (Fsp3) is 0.316. The zero-order valence-corrected chi connectivity index (χ0v) is 12.0. The Labute approximate surface area is 120 Å². The molecule has 0 spiro atoms. The highest BCUT2D eigenvalue weighted by Gasteiger charge is 2.48. The SMILES string of the molecule is CC1(C)C[C@@H](c2ccccc2)[C@H](c2ccccc2)C1=O. The number of carbonyl (C=O) groups excluding carboxylic acids is 1. The first-order valence-corrected chi connectivity index (χ1v) is 7.24. The Morgan fingerprint density at radius 1 is 0.850 bits per heavy atom. The Bertz CT molecular complexity index is 598. The molecule has 0 radical (unpaired) electrons. The number of Topliss-reactive ketones (excluding diaryl/α,β-unsaturated/α-hetero) is 1. The van der Waals surface area contributed by atoms with E-state index in [4.69, 9.17) is 0 Å². The van der Waals surface area contributed by atoms with Crippen LogP contribution < -0.4 is 0 Å². The Morgan fingerprint density at radius 3 is 1.90 bits per heavy atom. The van der Waals surface area contributed by atoms with Gasteiger partial charge in [-0.15, -0.1) is 0 Å². The van der Waals surface area contributed by atoms with Gasteiger partial charge in [-0.1, -0.05) is 74.5 Å². The Balaban J connectivity index is 2.06. The van der Waals surface area contributed by atoms with E-state index in [-0.39, 0.29) is 11.3 Å². The number of carbonyl (C=O) groups is 1. The molecule has 0 aliphatic heterocycles. The minimum absolute atomic E-state index is 0.00593. The van der Waals surface area contributed by atoms with Crippen molar-refractivity contribution in [2.75, 3.05) is 0 Å². The molecule has 1 fully saturated rings. The van der Waals surface area contributed by atoms with Crippen LogP contribution in [0, 0.1) is 5.41 Å². The van der Waals surface area contributed by atoms with Gasteiger partial charge in [0.2, 0.25) is 0 Å². The zero-order valence-electron chi connectivity index (χ0n) is 12.0. The quantitative estimate of drug-likeness (QED) is 0.777. The van der Waals surface area contributed by atoms with Gasteiger partial charge in [0.05, 0.1) is 5.92 Å². The molecule has 2 aromatic rings. The number of hydrogen-bond donors (Lipinski definition) is 0. The molecule has 0 heterocycles. The van der Waals surface area contributed by atoms with E-state index in [9.17, 15) is 4.79 Å². The van der Waals surface area contributed by atoms with E-state index in [0.717, 1.165) is 12.0 Å². The van der Waals surface area contributed by atoms with Crippen LogP contribution in [0.3, 0.4) is 0 Å². The lowest BCUT2D eigenvalue weighted by molar-refractivity contribution is -0.125. The molecular formula is C19H20O. The molecule has 0 aromatic heterocycles. The molecule has 0 bridgehead atoms. The molecule has 0 amide bonds. The van der Waals surface area contributed by atoms with E-state index in [1.54, 1.807) is 0 Å². The summed E-state index contributed by atoms with van der Waals surface area (Å²) in [5.74, 6) is 0.659. The predicted octanol–water partition coefficient (Wildman–Crippen LogP) is 4.55. The monoisotopic (exact) mass is 264 g/mol. The van der Waals surface area contributed by atoms with Crippen molar-refractivity contribution in [1.82, 2.24) is 0 Å². The molecule has 0 saturated heterocycles. The van der Waals surface area contributed by atoms with Crippen LogP contribution in [0.25, 0.3) is 0 Å². The van der Waals surface area contributed by atoms with E-state index < -0.39 is 0 Å². The molecule has 0 unspecified atom stereocenters. The predicted molar refractivity (Wildman–Crippen MR) is 81.8 cm³/mol. The van der Waals surface area contributed by atoms with Crippen molar-refractivity contribution in [3.8, 4) is 0 Å². The minimum Gasteiger partial charge on any atom is -0.298 e. The van der Waals surface area contributed by atoms with Crippen LogP contribution in [-0.2, 0) is 4.79 Å². The smallest absolute Gasteiger partial charge is 0.146 e. The summed E-state index contributed by atoms with van der Waals surface area (Å²) in [5, 5.41) is 0. The average molecular weight is 264 g/mol. The zero-order chi connectivity index (χ0) is 14.2. The Morgan fingerprint density at radius 2 is 1.35 bits per heavy atom. The summed E-state index contributed by atoms with van der Waals surface area (Å²) < 4.78 is 0. The second-order valence-corrected chi connectivity index (χ2v) is 6.36. The van der Waals surface area contributed by atoms with Crippen LogP contribution in [0.1, 0.15) is 43.2 Å². The van der Waals surface area contributed by atoms with Crippen molar-refractivity contribution in [2.24, 2.45) is 5.41 Å². The molecule has 1 nitrogen and oxygen atoms in total. The fourth-order valence-corrected chi connectivity index (χ4v) is 3.43. The van der Waals surface area contributed by atoms with Gasteiger partial charge in [-0.3, -0.25) is 4.79 Å². The van der Waals surface area contributed by atoms with Crippen molar-refractivity contribution in [3.63, 3.8) is 0 Å². The summed E-state index contributed by atoms with van der Waals surface area (Å²) in [6.07, 6.45) is 0.926. The Hall–Kier alpha value is -1.89. The topological polar surface area (TPSA) is 17.1 Å². The molecule has 1 heteroatoms. The molecule has 1 aliphatic rings. The third-order valence-electron chi connectivity index (χ3n) is 4.47. The second kappa shape index (κ2) is 4.90. The van der Waals surface area contributed by atoms with Gasteiger partial charge in [-0.05, 0) is 23.5 Å². The molecule has 1 saturated carbocycles. The average Bonchev–Trinajstić information content (AvgIpc) is 2.72. The molecule has 0 N–H and O–H groups in total. The summed E-state index contributed by atoms with van der Waals surface area (Å²) in [6, 6.07) is 20.7. The summed E-state index contributed by atoms with van der Waals surface area (Å²) in [5.41, 5.74) is 2.19. The van der Waals surface area contributed by atoms with Gasteiger partial charge in [0.15, 0.2) is 0 Å². The molecule has 20 heavy (non-hydrogen) atoms. The second-order valence-electron chi connectivity index (χ2n) is 6.36. The number of ketones is 1. The minimum atomic E-state index is -0.235. The van der Waals surface area contributed by atoms with Crippen molar-refractivity contribution in [2.45, 2.75) is 32.1 Å². The number of benzene rings is 2. The maximum Gasteiger partial charge on any atom is 0.146 e. The van der Waals surface area contributed by atoms with Crippen molar-refractivity contribution >= 4 is 5.78 Å². The van der Waals surface area contributed by atoms with E-state index >= 15 is 0 Å². The van der Waals surface area contributed by atoms with E-state index in [0.29, 0.717) is 11.7 Å². The highest BCUT2D eigenvalue weighted by Crippen LogP contribution is 2.51. The van der Waals surface area contributed by atoms with Crippen molar-refractivity contribution in [1.29, 1.82) is 0 Å². The highest BCUT2D eigenvalue weighted by molar-refractivity contribution is 5.94. The first-order valence-electron chi connectivity index (χ1n) is 7.24. The first kappa shape index (κ1) is 13.1. The summed E-state index contributed by atoms with van der Waals surface area (Å²) in [4.78, 5) is 12.8. The van der Waals surface area contributed by atoms with Gasteiger partial charge >= 0.3 is 0 Å².